The normalized spacial score (nSPS) is 22.4. The van der Waals surface area contributed by atoms with E-state index in [-0.39, 0.29) is 0 Å². The highest BCUT2D eigenvalue weighted by atomic mass is 15.2. The fraction of sp³-hybridized carbons (Fsp3) is 0.667. The Morgan fingerprint density at radius 2 is 2.10 bits per heavy atom. The van der Waals surface area contributed by atoms with Crippen molar-refractivity contribution in [2.45, 2.75) is 39.5 Å². The summed E-state index contributed by atoms with van der Waals surface area (Å²) < 4.78 is 0. The summed E-state index contributed by atoms with van der Waals surface area (Å²) in [5, 5.41) is 14.6. The second kappa shape index (κ2) is 6.28. The Kier molecular flexibility index (Phi) is 4.22. The van der Waals surface area contributed by atoms with Crippen molar-refractivity contribution in [1.82, 2.24) is 20.2 Å². The Hall–Kier alpha value is -1.85. The van der Waals surface area contributed by atoms with E-state index in [0.717, 1.165) is 41.8 Å². The molecule has 2 aromatic heterocycles. The molecular weight excluding hydrogens is 264 g/mol. The van der Waals surface area contributed by atoms with Crippen LogP contribution in [0.4, 0.5) is 11.8 Å². The van der Waals surface area contributed by atoms with Crippen molar-refractivity contribution in [2.24, 2.45) is 11.8 Å². The van der Waals surface area contributed by atoms with Gasteiger partial charge in [-0.3, -0.25) is 5.10 Å². The molecule has 2 atom stereocenters. The molecule has 0 spiro atoms. The standard InChI is InChI=1S/C15H24N6/c1-3-16-15-19-13(12-9-18-21-14(12)20-15)17-8-11-7-5-4-6-10(11)2/h9-11H,3-8H2,1-2H3,(H3,16,17,18,19,20,21). The van der Waals surface area contributed by atoms with Gasteiger partial charge in [0.25, 0.3) is 0 Å². The molecule has 0 aromatic carbocycles. The molecule has 6 heteroatoms. The van der Waals surface area contributed by atoms with Gasteiger partial charge in [0.15, 0.2) is 5.65 Å². The lowest BCUT2D eigenvalue weighted by atomic mass is 9.80. The smallest absolute Gasteiger partial charge is 0.226 e. The SMILES string of the molecule is CCNc1nc(NCC2CCCCC2C)c2cn[nH]c2n1. The molecule has 6 nitrogen and oxygen atoms in total. The van der Waals surface area contributed by atoms with Crippen molar-refractivity contribution in [1.29, 1.82) is 0 Å². The van der Waals surface area contributed by atoms with E-state index in [9.17, 15) is 0 Å². The molecule has 114 valence electrons. The van der Waals surface area contributed by atoms with Crippen LogP contribution < -0.4 is 10.6 Å². The van der Waals surface area contributed by atoms with Crippen LogP contribution in [0.25, 0.3) is 11.0 Å². The first-order valence-corrected chi connectivity index (χ1v) is 7.96. The number of hydrogen-bond donors (Lipinski definition) is 3. The summed E-state index contributed by atoms with van der Waals surface area (Å²) in [7, 11) is 0. The van der Waals surface area contributed by atoms with Crippen LogP contribution in [0, 0.1) is 11.8 Å². The molecule has 0 radical (unpaired) electrons. The zero-order valence-electron chi connectivity index (χ0n) is 12.8. The maximum absolute atomic E-state index is 4.58. The molecule has 1 aliphatic rings. The molecule has 0 bridgehead atoms. The van der Waals surface area contributed by atoms with Crippen LogP contribution in [0.1, 0.15) is 39.5 Å². The number of nitrogens with zero attached hydrogens (tertiary/aromatic N) is 3. The number of fused-ring (bicyclic) bond motifs is 1. The first-order chi connectivity index (χ1) is 10.3. The molecule has 2 aromatic rings. The third-order valence-corrected chi connectivity index (χ3v) is 4.47. The zero-order valence-corrected chi connectivity index (χ0v) is 12.8. The van der Waals surface area contributed by atoms with Crippen LogP contribution in [0.2, 0.25) is 0 Å². The molecule has 0 amide bonds. The number of aromatic nitrogens is 4. The van der Waals surface area contributed by atoms with E-state index in [1.54, 1.807) is 6.20 Å². The number of nitrogens with one attached hydrogen (secondary N) is 3. The lowest BCUT2D eigenvalue weighted by molar-refractivity contribution is 0.268. The van der Waals surface area contributed by atoms with Gasteiger partial charge in [-0.1, -0.05) is 26.2 Å². The number of hydrogen-bond acceptors (Lipinski definition) is 5. The minimum Gasteiger partial charge on any atom is -0.369 e. The monoisotopic (exact) mass is 288 g/mol. The van der Waals surface area contributed by atoms with Gasteiger partial charge >= 0.3 is 0 Å². The predicted octanol–water partition coefficient (Wildman–Crippen LogP) is 3.02. The summed E-state index contributed by atoms with van der Waals surface area (Å²) in [5.41, 5.74) is 0.778. The third kappa shape index (κ3) is 3.09. The first-order valence-electron chi connectivity index (χ1n) is 7.96. The van der Waals surface area contributed by atoms with Crippen LogP contribution in [0.5, 0.6) is 0 Å². The van der Waals surface area contributed by atoms with Gasteiger partial charge in [-0.2, -0.15) is 15.1 Å². The van der Waals surface area contributed by atoms with E-state index < -0.39 is 0 Å². The van der Waals surface area contributed by atoms with Crippen molar-refractivity contribution in [3.63, 3.8) is 0 Å². The van der Waals surface area contributed by atoms with Crippen molar-refractivity contribution in [3.05, 3.63) is 6.20 Å². The molecule has 3 N–H and O–H groups in total. The van der Waals surface area contributed by atoms with Gasteiger partial charge in [0.1, 0.15) is 5.82 Å². The van der Waals surface area contributed by atoms with Gasteiger partial charge < -0.3 is 10.6 Å². The number of aromatic amines is 1. The second-order valence-electron chi connectivity index (χ2n) is 5.96. The van der Waals surface area contributed by atoms with Gasteiger partial charge in [0.05, 0.1) is 11.6 Å². The van der Waals surface area contributed by atoms with Crippen LogP contribution in [0.15, 0.2) is 6.20 Å². The molecule has 1 saturated carbocycles. The maximum Gasteiger partial charge on any atom is 0.226 e. The Morgan fingerprint density at radius 1 is 1.24 bits per heavy atom. The summed E-state index contributed by atoms with van der Waals surface area (Å²) in [4.78, 5) is 8.99. The predicted molar refractivity (Wildman–Crippen MR) is 85.5 cm³/mol. The highest BCUT2D eigenvalue weighted by Crippen LogP contribution is 2.30. The molecule has 2 unspecified atom stereocenters. The quantitative estimate of drug-likeness (QED) is 0.788. The van der Waals surface area contributed by atoms with E-state index >= 15 is 0 Å². The highest BCUT2D eigenvalue weighted by Gasteiger charge is 2.21. The summed E-state index contributed by atoms with van der Waals surface area (Å²) in [5.74, 6) is 3.05. The minimum atomic E-state index is 0.647. The average Bonchev–Trinajstić information content (AvgIpc) is 2.95. The van der Waals surface area contributed by atoms with Gasteiger partial charge in [0, 0.05) is 13.1 Å². The zero-order chi connectivity index (χ0) is 14.7. The van der Waals surface area contributed by atoms with E-state index in [2.05, 4.69) is 37.7 Å². The number of rotatable bonds is 5. The topological polar surface area (TPSA) is 78.5 Å². The summed E-state index contributed by atoms with van der Waals surface area (Å²) in [6.07, 6.45) is 7.18. The lowest BCUT2D eigenvalue weighted by Gasteiger charge is -2.29. The molecule has 2 heterocycles. The Labute approximate surface area is 125 Å². The van der Waals surface area contributed by atoms with Crippen molar-refractivity contribution < 1.29 is 0 Å². The largest absolute Gasteiger partial charge is 0.369 e. The molecule has 1 aliphatic carbocycles. The minimum absolute atomic E-state index is 0.647. The fourth-order valence-corrected chi connectivity index (χ4v) is 3.13. The molecule has 0 saturated heterocycles. The Morgan fingerprint density at radius 3 is 2.90 bits per heavy atom. The Bertz CT molecular complexity index is 593. The summed E-state index contributed by atoms with van der Waals surface area (Å²) >= 11 is 0. The molecule has 21 heavy (non-hydrogen) atoms. The number of H-pyrrole nitrogens is 1. The summed E-state index contributed by atoms with van der Waals surface area (Å²) in [6, 6.07) is 0. The third-order valence-electron chi connectivity index (χ3n) is 4.47. The maximum atomic E-state index is 4.58. The summed E-state index contributed by atoms with van der Waals surface area (Å²) in [6.45, 7) is 6.18. The fourth-order valence-electron chi connectivity index (χ4n) is 3.13. The van der Waals surface area contributed by atoms with Crippen LogP contribution in [-0.2, 0) is 0 Å². The molecule has 0 aliphatic heterocycles. The Balaban J connectivity index is 1.77. The average molecular weight is 288 g/mol. The van der Waals surface area contributed by atoms with Crippen molar-refractivity contribution in [2.75, 3.05) is 23.7 Å². The second-order valence-corrected chi connectivity index (χ2v) is 5.96. The lowest BCUT2D eigenvalue weighted by Crippen LogP contribution is -2.24. The van der Waals surface area contributed by atoms with Crippen LogP contribution in [-0.4, -0.2) is 33.3 Å². The number of anilines is 2. The van der Waals surface area contributed by atoms with Gasteiger partial charge in [-0.15, -0.1) is 0 Å². The van der Waals surface area contributed by atoms with Gasteiger partial charge in [-0.25, -0.2) is 0 Å². The van der Waals surface area contributed by atoms with Crippen LogP contribution in [0.3, 0.4) is 0 Å². The van der Waals surface area contributed by atoms with Crippen LogP contribution >= 0.6 is 0 Å². The van der Waals surface area contributed by atoms with E-state index in [4.69, 9.17) is 0 Å². The van der Waals surface area contributed by atoms with E-state index in [1.807, 2.05) is 6.92 Å². The molecule has 1 fully saturated rings. The highest BCUT2D eigenvalue weighted by molar-refractivity contribution is 5.86. The molecule has 3 rings (SSSR count). The van der Waals surface area contributed by atoms with Gasteiger partial charge in [0.2, 0.25) is 5.95 Å². The molecular formula is C15H24N6. The van der Waals surface area contributed by atoms with E-state index in [0.29, 0.717) is 5.95 Å². The first kappa shape index (κ1) is 14.1. The van der Waals surface area contributed by atoms with E-state index in [1.165, 1.54) is 25.7 Å². The van der Waals surface area contributed by atoms with Gasteiger partial charge in [-0.05, 0) is 25.2 Å². The van der Waals surface area contributed by atoms with Crippen molar-refractivity contribution >= 4 is 22.8 Å². The van der Waals surface area contributed by atoms with Crippen molar-refractivity contribution in [3.8, 4) is 0 Å².